The van der Waals surface area contributed by atoms with Gasteiger partial charge in [0.05, 0.1) is 20.6 Å². The van der Waals surface area contributed by atoms with E-state index in [4.69, 9.17) is 4.74 Å². The van der Waals surface area contributed by atoms with Crippen LogP contribution in [-0.2, 0) is 27.3 Å². The number of carbonyl (C=O) groups is 2. The van der Waals surface area contributed by atoms with E-state index in [9.17, 15) is 9.59 Å². The van der Waals surface area contributed by atoms with Crippen molar-refractivity contribution in [3.8, 4) is 5.75 Å². The number of benzene rings is 1. The molecule has 0 bridgehead atoms. The minimum absolute atomic E-state index is 0.00290. The zero-order chi connectivity index (χ0) is 14.5. The van der Waals surface area contributed by atoms with Crippen LogP contribution < -0.4 is 4.74 Å². The molecule has 0 radical (unpaired) electrons. The van der Waals surface area contributed by atoms with Crippen molar-refractivity contribution in [2.75, 3.05) is 20.8 Å². The van der Waals surface area contributed by atoms with E-state index in [-0.39, 0.29) is 24.7 Å². The second kappa shape index (κ2) is 6.41. The summed E-state index contributed by atoms with van der Waals surface area (Å²) < 4.78 is 9.75. The molecule has 0 N–H and O–H groups in total. The molecule has 0 unspecified atom stereocenters. The Morgan fingerprint density at radius 2 is 2.00 bits per heavy atom. The van der Waals surface area contributed by atoms with Gasteiger partial charge in [-0.2, -0.15) is 0 Å². The zero-order valence-corrected chi connectivity index (χ0v) is 11.8. The predicted molar refractivity (Wildman–Crippen MR) is 73.4 cm³/mol. The van der Waals surface area contributed by atoms with Gasteiger partial charge in [0.25, 0.3) is 0 Å². The molecule has 5 nitrogen and oxygen atoms in total. The van der Waals surface area contributed by atoms with Crippen LogP contribution in [0.1, 0.15) is 24.0 Å². The van der Waals surface area contributed by atoms with Crippen LogP contribution in [0.25, 0.3) is 0 Å². The van der Waals surface area contributed by atoms with Crippen molar-refractivity contribution in [3.05, 3.63) is 29.3 Å². The maximum absolute atomic E-state index is 12.0. The summed E-state index contributed by atoms with van der Waals surface area (Å²) in [6, 6.07) is 5.92. The Bertz CT molecular complexity index is 513. The van der Waals surface area contributed by atoms with Gasteiger partial charge in [-0.1, -0.05) is 6.07 Å². The average molecular weight is 277 g/mol. The fraction of sp³-hybridized carbons (Fsp3) is 0.467. The molecule has 20 heavy (non-hydrogen) atoms. The van der Waals surface area contributed by atoms with Gasteiger partial charge in [-0.25, -0.2) is 0 Å². The second-order valence-electron chi connectivity index (χ2n) is 4.78. The number of amides is 1. The van der Waals surface area contributed by atoms with Crippen LogP contribution in [-0.4, -0.2) is 37.5 Å². The second-order valence-corrected chi connectivity index (χ2v) is 4.78. The monoisotopic (exact) mass is 277 g/mol. The number of fused-ring (bicyclic) bond motifs is 1. The lowest BCUT2D eigenvalue weighted by Crippen LogP contribution is -2.36. The molecule has 2 rings (SSSR count). The van der Waals surface area contributed by atoms with Crippen LogP contribution in [0.4, 0.5) is 0 Å². The quantitative estimate of drug-likeness (QED) is 0.783. The van der Waals surface area contributed by atoms with Gasteiger partial charge in [0.15, 0.2) is 0 Å². The number of carbonyl (C=O) groups excluding carboxylic acids is 2. The first-order valence-corrected chi connectivity index (χ1v) is 6.64. The number of nitrogens with zero attached hydrogens (tertiary/aromatic N) is 1. The first-order valence-electron chi connectivity index (χ1n) is 6.64. The van der Waals surface area contributed by atoms with E-state index in [1.165, 1.54) is 12.7 Å². The third-order valence-corrected chi connectivity index (χ3v) is 3.55. The van der Waals surface area contributed by atoms with Gasteiger partial charge < -0.3 is 14.4 Å². The molecule has 0 atom stereocenters. The van der Waals surface area contributed by atoms with Crippen molar-refractivity contribution < 1.29 is 19.1 Å². The van der Waals surface area contributed by atoms with Crippen LogP contribution >= 0.6 is 0 Å². The van der Waals surface area contributed by atoms with E-state index in [0.29, 0.717) is 13.1 Å². The lowest BCUT2D eigenvalue weighted by Gasteiger charge is -2.29. The maximum atomic E-state index is 12.0. The third-order valence-electron chi connectivity index (χ3n) is 3.55. The van der Waals surface area contributed by atoms with Gasteiger partial charge in [0, 0.05) is 19.5 Å². The summed E-state index contributed by atoms with van der Waals surface area (Å²) in [6.07, 6.45) is 1.16. The molecule has 0 spiro atoms. The minimum atomic E-state index is -0.347. The normalized spacial score (nSPS) is 13.6. The Morgan fingerprint density at radius 1 is 1.20 bits per heavy atom. The molecular formula is C15H19NO4. The summed E-state index contributed by atoms with van der Waals surface area (Å²) in [5.41, 5.74) is 2.37. The van der Waals surface area contributed by atoms with Gasteiger partial charge in [-0.15, -0.1) is 0 Å². The minimum Gasteiger partial charge on any atom is -0.497 e. The van der Waals surface area contributed by atoms with Crippen molar-refractivity contribution in [2.45, 2.75) is 25.8 Å². The topological polar surface area (TPSA) is 55.8 Å². The van der Waals surface area contributed by atoms with Crippen molar-refractivity contribution in [3.63, 3.8) is 0 Å². The molecule has 5 heteroatoms. The van der Waals surface area contributed by atoms with E-state index < -0.39 is 0 Å². The third kappa shape index (κ3) is 3.29. The first-order chi connectivity index (χ1) is 9.63. The Labute approximate surface area is 118 Å². The van der Waals surface area contributed by atoms with Crippen LogP contribution in [0, 0.1) is 0 Å². The lowest BCUT2D eigenvalue weighted by molar-refractivity contribution is -0.143. The summed E-state index contributed by atoms with van der Waals surface area (Å²) in [6.45, 7) is 1.28. The summed E-state index contributed by atoms with van der Waals surface area (Å²) in [5.74, 6) is 0.492. The van der Waals surface area contributed by atoms with Gasteiger partial charge in [0.2, 0.25) is 5.91 Å². The van der Waals surface area contributed by atoms with Crippen LogP contribution in [0.15, 0.2) is 18.2 Å². The van der Waals surface area contributed by atoms with Gasteiger partial charge in [-0.3, -0.25) is 9.59 Å². The van der Waals surface area contributed by atoms with Gasteiger partial charge in [0.1, 0.15) is 5.75 Å². The number of esters is 1. The Kier molecular flexibility index (Phi) is 4.61. The molecule has 0 fully saturated rings. The molecule has 1 aromatic carbocycles. The van der Waals surface area contributed by atoms with Crippen molar-refractivity contribution >= 4 is 11.9 Å². The fourth-order valence-electron chi connectivity index (χ4n) is 2.34. The molecule has 1 amide bonds. The van der Waals surface area contributed by atoms with Crippen LogP contribution in [0.2, 0.25) is 0 Å². The van der Waals surface area contributed by atoms with Crippen molar-refractivity contribution in [1.82, 2.24) is 4.90 Å². The molecule has 0 saturated carbocycles. The molecule has 1 heterocycles. The highest BCUT2D eigenvalue weighted by Crippen LogP contribution is 2.24. The molecule has 1 aliphatic rings. The lowest BCUT2D eigenvalue weighted by atomic mass is 9.99. The molecule has 1 aromatic rings. The number of rotatable bonds is 4. The first kappa shape index (κ1) is 14.4. The summed E-state index contributed by atoms with van der Waals surface area (Å²) in [7, 11) is 2.98. The highest BCUT2D eigenvalue weighted by Gasteiger charge is 2.21. The number of hydrogen-bond donors (Lipinski definition) is 0. The summed E-state index contributed by atoms with van der Waals surface area (Å²) in [4.78, 5) is 24.9. The molecular weight excluding hydrogens is 258 g/mol. The predicted octanol–water partition coefficient (Wildman–Crippen LogP) is 1.53. The van der Waals surface area contributed by atoms with E-state index in [1.54, 1.807) is 12.0 Å². The highest BCUT2D eigenvalue weighted by molar-refractivity contribution is 5.81. The number of ether oxygens (including phenoxy) is 2. The number of methoxy groups -OCH3 is 2. The molecule has 108 valence electrons. The summed E-state index contributed by atoms with van der Waals surface area (Å²) >= 11 is 0. The Hall–Kier alpha value is -2.04. The van der Waals surface area contributed by atoms with E-state index in [1.807, 2.05) is 18.2 Å². The van der Waals surface area contributed by atoms with E-state index in [0.717, 1.165) is 17.7 Å². The van der Waals surface area contributed by atoms with Gasteiger partial charge in [-0.05, 0) is 29.7 Å². The van der Waals surface area contributed by atoms with Crippen LogP contribution in [0.3, 0.4) is 0 Å². The van der Waals surface area contributed by atoms with E-state index >= 15 is 0 Å². The fourth-order valence-corrected chi connectivity index (χ4v) is 2.34. The number of hydrogen-bond acceptors (Lipinski definition) is 4. The molecule has 0 saturated heterocycles. The molecule has 0 aliphatic carbocycles. The van der Waals surface area contributed by atoms with Crippen molar-refractivity contribution in [2.24, 2.45) is 0 Å². The zero-order valence-electron chi connectivity index (χ0n) is 11.8. The SMILES string of the molecule is COC(=O)CCC(=O)N1CCc2cc(OC)ccc2C1. The largest absolute Gasteiger partial charge is 0.497 e. The van der Waals surface area contributed by atoms with Gasteiger partial charge >= 0.3 is 5.97 Å². The maximum Gasteiger partial charge on any atom is 0.306 e. The highest BCUT2D eigenvalue weighted by atomic mass is 16.5. The Morgan fingerprint density at radius 3 is 2.70 bits per heavy atom. The smallest absolute Gasteiger partial charge is 0.306 e. The Balaban J connectivity index is 1.97. The summed E-state index contributed by atoms with van der Waals surface area (Å²) in [5, 5.41) is 0. The molecule has 1 aliphatic heterocycles. The van der Waals surface area contributed by atoms with E-state index in [2.05, 4.69) is 4.74 Å². The molecule has 0 aromatic heterocycles. The average Bonchev–Trinajstić information content (AvgIpc) is 2.50. The standard InChI is InChI=1S/C15H19NO4/c1-19-13-4-3-12-10-16(8-7-11(12)9-13)14(17)5-6-15(18)20-2/h3-4,9H,5-8,10H2,1-2H3. The van der Waals surface area contributed by atoms with Crippen LogP contribution in [0.5, 0.6) is 5.75 Å². The van der Waals surface area contributed by atoms with Crippen molar-refractivity contribution in [1.29, 1.82) is 0 Å².